The van der Waals surface area contributed by atoms with Crippen LogP contribution >= 0.6 is 45.5 Å². The van der Waals surface area contributed by atoms with E-state index in [-0.39, 0.29) is 12.5 Å². The van der Waals surface area contributed by atoms with Crippen LogP contribution in [-0.2, 0) is 9.53 Å². The molecule has 0 aliphatic heterocycles. The average molecular weight is 563 g/mol. The van der Waals surface area contributed by atoms with Crippen LogP contribution in [0.5, 0.6) is 0 Å². The maximum atomic E-state index is 13.1. The van der Waals surface area contributed by atoms with Crippen LogP contribution in [0.25, 0.3) is 0 Å². The molecular weight excluding hydrogens is 541 g/mol. The van der Waals surface area contributed by atoms with Gasteiger partial charge in [-0.25, -0.2) is 0 Å². The summed E-state index contributed by atoms with van der Waals surface area (Å²) in [6.45, 7) is 4.23. The summed E-state index contributed by atoms with van der Waals surface area (Å²) in [5.41, 5.74) is -2.87. The van der Waals surface area contributed by atoms with Gasteiger partial charge in [0.25, 0.3) is 0 Å². The van der Waals surface area contributed by atoms with Gasteiger partial charge in [-0.15, -0.1) is 0 Å². The van der Waals surface area contributed by atoms with Gasteiger partial charge in [-0.2, -0.15) is 13.2 Å². The number of carbonyl (C=O) groups excluding carboxylic acids is 1. The molecule has 1 aliphatic carbocycles. The van der Waals surface area contributed by atoms with Crippen LogP contribution in [0.3, 0.4) is 0 Å². The molecule has 4 nitrogen and oxygen atoms in total. The third-order valence-electron chi connectivity index (χ3n) is 4.63. The molecule has 0 heterocycles. The minimum Gasteiger partial charge on any atom is -0.461 e. The number of carbonyl (C=O) groups is 1. The fraction of sp³-hybridized carbons (Fsp3) is 0.929. The van der Waals surface area contributed by atoms with Crippen molar-refractivity contribution in [1.29, 1.82) is 0 Å². The summed E-state index contributed by atoms with van der Waals surface area (Å²) in [6, 6.07) is -0.221. The minimum absolute atomic E-state index is 0.183. The second kappa shape index (κ2) is 7.90. The number of hydrogen-bond acceptors (Lipinski definition) is 4. The first-order valence-electron chi connectivity index (χ1n) is 7.41. The summed E-state index contributed by atoms with van der Waals surface area (Å²) in [5, 5.41) is 9.99. The predicted octanol–water partition coefficient (Wildman–Crippen LogP) is 3.92. The van der Waals surface area contributed by atoms with Crippen molar-refractivity contribution in [2.24, 2.45) is 5.92 Å². The van der Waals surface area contributed by atoms with Gasteiger partial charge in [-0.1, -0.05) is 29.0 Å². The van der Waals surface area contributed by atoms with Crippen LogP contribution in [0.2, 0.25) is 0 Å². The number of rotatable bonds is 5. The zero-order valence-electron chi connectivity index (χ0n) is 13.2. The van der Waals surface area contributed by atoms with E-state index in [2.05, 4.69) is 3.53 Å². The largest absolute Gasteiger partial charge is 0.461 e. The Kier molecular flexibility index (Phi) is 7.44. The lowest BCUT2D eigenvalue weighted by atomic mass is 9.75. The number of esters is 1. The maximum Gasteiger partial charge on any atom is 0.417 e. The predicted molar refractivity (Wildman–Crippen MR) is 97.6 cm³/mol. The first-order valence-corrected chi connectivity index (χ1v) is 9.56. The number of ether oxygens (including phenoxy) is 1. The molecule has 0 radical (unpaired) electrons. The molecule has 0 bridgehead atoms. The number of nitrogens with one attached hydrogen (secondary N) is 1. The number of halogens is 5. The van der Waals surface area contributed by atoms with E-state index < -0.39 is 33.2 Å². The Labute approximate surface area is 161 Å². The van der Waals surface area contributed by atoms with Gasteiger partial charge < -0.3 is 9.84 Å². The third kappa shape index (κ3) is 4.84. The second-order valence-corrected chi connectivity index (χ2v) is 9.25. The van der Waals surface area contributed by atoms with Crippen molar-refractivity contribution >= 4 is 51.4 Å². The monoisotopic (exact) mass is 563 g/mol. The van der Waals surface area contributed by atoms with Crippen molar-refractivity contribution in [1.82, 2.24) is 3.53 Å². The molecule has 1 rings (SSSR count). The molecule has 9 heteroatoms. The van der Waals surface area contributed by atoms with Crippen LogP contribution in [0, 0.1) is 5.92 Å². The van der Waals surface area contributed by atoms with E-state index in [4.69, 9.17) is 4.74 Å². The van der Waals surface area contributed by atoms with Crippen molar-refractivity contribution in [3.05, 3.63) is 0 Å². The summed E-state index contributed by atoms with van der Waals surface area (Å²) in [5.74, 6) is -1.71. The number of aliphatic hydroxyl groups is 1. The molecule has 1 saturated carbocycles. The van der Waals surface area contributed by atoms with Crippen molar-refractivity contribution in [2.45, 2.75) is 73.8 Å². The molecule has 5 unspecified atom stereocenters. The third-order valence-corrected chi connectivity index (χ3v) is 6.94. The van der Waals surface area contributed by atoms with Crippen LogP contribution in [0.1, 0.15) is 46.5 Å². The molecule has 0 aromatic rings. The fourth-order valence-electron chi connectivity index (χ4n) is 2.62. The van der Waals surface area contributed by atoms with E-state index in [0.29, 0.717) is 19.3 Å². The molecule has 0 spiro atoms. The van der Waals surface area contributed by atoms with Crippen molar-refractivity contribution in [3.63, 3.8) is 0 Å². The van der Waals surface area contributed by atoms with E-state index in [1.54, 1.807) is 13.8 Å². The Morgan fingerprint density at radius 2 is 1.83 bits per heavy atom. The summed E-state index contributed by atoms with van der Waals surface area (Å²) in [6.07, 6.45) is -3.91. The molecule has 136 valence electrons. The lowest BCUT2D eigenvalue weighted by molar-refractivity contribution is -0.285. The van der Waals surface area contributed by atoms with E-state index in [1.807, 2.05) is 45.5 Å². The highest BCUT2D eigenvalue weighted by Gasteiger charge is 2.58. The van der Waals surface area contributed by atoms with Gasteiger partial charge in [0.2, 0.25) is 0 Å². The Hall–Kier alpha value is 0.640. The molecule has 1 fully saturated rings. The highest BCUT2D eigenvalue weighted by molar-refractivity contribution is 14.1. The normalized spacial score (nSPS) is 29.3. The maximum absolute atomic E-state index is 13.1. The number of hydrogen-bond donors (Lipinski definition) is 2. The molecule has 2 N–H and O–H groups in total. The minimum atomic E-state index is -4.76. The standard InChI is InChI=1S/C14H22F3I2NO3/c1-8(20-19)12(2,18)11(21)23-10-7-5-4-6-9(10)13(3,22)14(15,16)17/h8-10,20,22H,4-7H2,1-3H3. The van der Waals surface area contributed by atoms with E-state index in [9.17, 15) is 23.1 Å². The van der Waals surface area contributed by atoms with Gasteiger partial charge in [0.15, 0.2) is 5.60 Å². The summed E-state index contributed by atoms with van der Waals surface area (Å²) in [7, 11) is 0. The molecule has 1 aliphatic rings. The molecule has 5 atom stereocenters. The van der Waals surface area contributed by atoms with Gasteiger partial charge in [0.05, 0.1) is 0 Å². The van der Waals surface area contributed by atoms with Gasteiger partial charge in [-0.05, 0) is 40.0 Å². The molecule has 0 aromatic carbocycles. The molecule has 0 aromatic heterocycles. The Morgan fingerprint density at radius 1 is 1.30 bits per heavy atom. The smallest absolute Gasteiger partial charge is 0.417 e. The SMILES string of the molecule is CC(NI)C(C)(I)C(=O)OC1CCCCC1C(C)(O)C(F)(F)F. The average Bonchev–Trinajstić information content (AvgIpc) is 2.45. The van der Waals surface area contributed by atoms with E-state index in [0.717, 1.165) is 6.92 Å². The van der Waals surface area contributed by atoms with Crippen LogP contribution < -0.4 is 3.53 Å². The Balaban J connectivity index is 2.94. The Bertz CT molecular complexity index is 430. The summed E-state index contributed by atoms with van der Waals surface area (Å²) in [4.78, 5) is 12.4. The highest BCUT2D eigenvalue weighted by Crippen LogP contribution is 2.44. The van der Waals surface area contributed by atoms with Crippen LogP contribution in [-0.4, -0.2) is 38.4 Å². The fourth-order valence-corrected chi connectivity index (χ4v) is 4.12. The van der Waals surface area contributed by atoms with Crippen LogP contribution in [0.15, 0.2) is 0 Å². The van der Waals surface area contributed by atoms with Gasteiger partial charge in [0.1, 0.15) is 9.53 Å². The molecule has 23 heavy (non-hydrogen) atoms. The van der Waals surface area contributed by atoms with Gasteiger partial charge >= 0.3 is 12.1 Å². The Morgan fingerprint density at radius 3 is 2.30 bits per heavy atom. The van der Waals surface area contributed by atoms with Crippen LogP contribution in [0.4, 0.5) is 13.2 Å². The molecule has 0 amide bonds. The molecular formula is C14H22F3I2NO3. The van der Waals surface area contributed by atoms with E-state index >= 15 is 0 Å². The number of alkyl halides is 4. The highest BCUT2D eigenvalue weighted by atomic mass is 127. The van der Waals surface area contributed by atoms with Crippen molar-refractivity contribution < 1.29 is 27.8 Å². The quantitative estimate of drug-likeness (QED) is 0.231. The zero-order chi connectivity index (χ0) is 18.1. The lowest BCUT2D eigenvalue weighted by Gasteiger charge is -2.42. The first kappa shape index (κ1) is 21.7. The van der Waals surface area contributed by atoms with Gasteiger partial charge in [0, 0.05) is 34.8 Å². The lowest BCUT2D eigenvalue weighted by Crippen LogP contribution is -2.55. The van der Waals surface area contributed by atoms with Crippen molar-refractivity contribution in [2.75, 3.05) is 0 Å². The summed E-state index contributed by atoms with van der Waals surface area (Å²) >= 11 is 3.86. The van der Waals surface area contributed by atoms with E-state index in [1.165, 1.54) is 0 Å². The first-order chi connectivity index (χ1) is 10.4. The molecule has 0 saturated heterocycles. The van der Waals surface area contributed by atoms with Gasteiger partial charge in [-0.3, -0.25) is 8.32 Å². The summed E-state index contributed by atoms with van der Waals surface area (Å²) < 4.78 is 46.9. The topological polar surface area (TPSA) is 58.6 Å². The zero-order valence-corrected chi connectivity index (χ0v) is 17.5. The second-order valence-electron chi connectivity index (χ2n) is 6.39. The van der Waals surface area contributed by atoms with Crippen molar-refractivity contribution in [3.8, 4) is 0 Å².